The predicted octanol–water partition coefficient (Wildman–Crippen LogP) is 5.21. The first kappa shape index (κ1) is 18.7. The van der Waals surface area contributed by atoms with Crippen molar-refractivity contribution in [3.05, 3.63) is 103 Å². The number of fused-ring (bicyclic) bond motifs is 1. The van der Waals surface area contributed by atoms with Gasteiger partial charge in [-0.05, 0) is 42.5 Å². The van der Waals surface area contributed by atoms with Crippen molar-refractivity contribution in [2.45, 2.75) is 6.54 Å². The number of para-hydroxylation sites is 2. The molecular weight excluding hydrogens is 390 g/mol. The number of carbonyl (C=O) groups is 1. The highest BCUT2D eigenvalue weighted by Crippen LogP contribution is 2.30. The van der Waals surface area contributed by atoms with Gasteiger partial charge in [0, 0.05) is 23.2 Å². The van der Waals surface area contributed by atoms with Crippen molar-refractivity contribution in [1.29, 1.82) is 0 Å². The molecule has 0 spiro atoms. The summed E-state index contributed by atoms with van der Waals surface area (Å²) in [5, 5.41) is 8.54. The van der Waals surface area contributed by atoms with Crippen LogP contribution in [0.4, 0.5) is 0 Å². The second kappa shape index (κ2) is 8.20. The molecule has 5 rings (SSSR count). The molecule has 0 saturated carbocycles. The molecule has 0 unspecified atom stereocenters. The highest BCUT2D eigenvalue weighted by atomic mass is 16.3. The smallest absolute Gasteiger partial charge is 0.244 e. The van der Waals surface area contributed by atoms with Crippen LogP contribution in [0.5, 0.6) is 0 Å². The van der Waals surface area contributed by atoms with E-state index in [9.17, 15) is 4.79 Å². The Morgan fingerprint density at radius 3 is 2.68 bits per heavy atom. The van der Waals surface area contributed by atoms with Gasteiger partial charge in [-0.1, -0.05) is 36.4 Å². The molecule has 0 atom stereocenters. The third kappa shape index (κ3) is 4.04. The standard InChI is InChI=1S/C25H19N3O3/c29-24(26-16-21-10-6-14-30-21)13-12-19-17-28(20-8-2-1-3-9-20)27-25(19)23-15-18-7-4-5-11-22(18)31-23/h1-15,17H,16H2,(H,26,29)/b13-12+. The van der Waals surface area contributed by atoms with Gasteiger partial charge in [0.25, 0.3) is 0 Å². The lowest BCUT2D eigenvalue weighted by Crippen LogP contribution is -2.19. The van der Waals surface area contributed by atoms with Crippen LogP contribution in [0.3, 0.4) is 0 Å². The van der Waals surface area contributed by atoms with Gasteiger partial charge in [0.2, 0.25) is 5.91 Å². The second-order valence-corrected chi connectivity index (χ2v) is 6.99. The molecule has 152 valence electrons. The van der Waals surface area contributed by atoms with Crippen molar-refractivity contribution >= 4 is 23.0 Å². The molecule has 0 radical (unpaired) electrons. The van der Waals surface area contributed by atoms with E-state index in [2.05, 4.69) is 5.32 Å². The predicted molar refractivity (Wildman–Crippen MR) is 118 cm³/mol. The molecule has 2 aromatic carbocycles. The third-order valence-corrected chi connectivity index (χ3v) is 4.85. The first-order valence-electron chi connectivity index (χ1n) is 9.88. The molecule has 3 aromatic heterocycles. The van der Waals surface area contributed by atoms with E-state index in [1.165, 1.54) is 6.08 Å². The summed E-state index contributed by atoms with van der Waals surface area (Å²) in [6, 6.07) is 23.2. The van der Waals surface area contributed by atoms with Crippen molar-refractivity contribution in [1.82, 2.24) is 15.1 Å². The minimum atomic E-state index is -0.223. The quantitative estimate of drug-likeness (QED) is 0.391. The number of nitrogens with one attached hydrogen (secondary N) is 1. The van der Waals surface area contributed by atoms with Crippen LogP contribution in [0.15, 0.2) is 100 Å². The Kier molecular flexibility index (Phi) is 4.94. The SMILES string of the molecule is O=C(/C=C/c1cn(-c2ccccc2)nc1-c1cc2ccccc2o1)NCc1ccco1. The maximum atomic E-state index is 12.3. The van der Waals surface area contributed by atoms with E-state index >= 15 is 0 Å². The highest BCUT2D eigenvalue weighted by molar-refractivity contribution is 5.93. The summed E-state index contributed by atoms with van der Waals surface area (Å²) in [6.07, 6.45) is 6.69. The first-order valence-corrected chi connectivity index (χ1v) is 9.88. The molecule has 5 aromatic rings. The molecule has 0 bridgehead atoms. The van der Waals surface area contributed by atoms with Crippen LogP contribution in [0.2, 0.25) is 0 Å². The van der Waals surface area contributed by atoms with Crippen LogP contribution in [0.1, 0.15) is 11.3 Å². The van der Waals surface area contributed by atoms with Crippen LogP contribution in [0.25, 0.3) is 34.2 Å². The highest BCUT2D eigenvalue weighted by Gasteiger charge is 2.15. The van der Waals surface area contributed by atoms with E-state index in [4.69, 9.17) is 13.9 Å². The van der Waals surface area contributed by atoms with Crippen LogP contribution < -0.4 is 5.32 Å². The number of hydrogen-bond acceptors (Lipinski definition) is 4. The number of amides is 1. The van der Waals surface area contributed by atoms with E-state index < -0.39 is 0 Å². The summed E-state index contributed by atoms with van der Waals surface area (Å²) in [4.78, 5) is 12.3. The van der Waals surface area contributed by atoms with E-state index in [0.29, 0.717) is 23.8 Å². The van der Waals surface area contributed by atoms with E-state index in [-0.39, 0.29) is 5.91 Å². The summed E-state index contributed by atoms with van der Waals surface area (Å²) < 4.78 is 13.0. The topological polar surface area (TPSA) is 73.2 Å². The fraction of sp³-hybridized carbons (Fsp3) is 0.0400. The average Bonchev–Trinajstić information content (AvgIpc) is 3.56. The number of nitrogens with zero attached hydrogens (tertiary/aromatic N) is 2. The Morgan fingerprint density at radius 2 is 1.87 bits per heavy atom. The second-order valence-electron chi connectivity index (χ2n) is 6.99. The average molecular weight is 409 g/mol. The molecule has 6 nitrogen and oxygen atoms in total. The summed E-state index contributed by atoms with van der Waals surface area (Å²) in [5.41, 5.74) is 3.14. The molecule has 6 heteroatoms. The number of aromatic nitrogens is 2. The first-order chi connectivity index (χ1) is 15.3. The molecule has 31 heavy (non-hydrogen) atoms. The normalized spacial score (nSPS) is 11.4. The molecule has 0 aliphatic carbocycles. The van der Waals surface area contributed by atoms with E-state index in [0.717, 1.165) is 22.2 Å². The molecular formula is C25H19N3O3. The summed E-state index contributed by atoms with van der Waals surface area (Å²) in [7, 11) is 0. The third-order valence-electron chi connectivity index (χ3n) is 4.85. The van der Waals surface area contributed by atoms with Crippen molar-refractivity contribution in [3.8, 4) is 17.1 Å². The van der Waals surface area contributed by atoms with E-state index in [1.54, 1.807) is 23.1 Å². The van der Waals surface area contributed by atoms with Gasteiger partial charge in [0.05, 0.1) is 18.5 Å². The molecule has 1 N–H and O–H groups in total. The largest absolute Gasteiger partial charge is 0.467 e. The van der Waals surface area contributed by atoms with Gasteiger partial charge in [-0.2, -0.15) is 5.10 Å². The molecule has 1 amide bonds. The monoisotopic (exact) mass is 409 g/mol. The van der Waals surface area contributed by atoms with Crippen LogP contribution >= 0.6 is 0 Å². The minimum Gasteiger partial charge on any atom is -0.467 e. The number of rotatable bonds is 6. The van der Waals surface area contributed by atoms with Crippen LogP contribution in [-0.4, -0.2) is 15.7 Å². The Hall–Kier alpha value is -4.32. The number of hydrogen-bond donors (Lipinski definition) is 1. The van der Waals surface area contributed by atoms with Crippen molar-refractivity contribution in [2.24, 2.45) is 0 Å². The number of carbonyl (C=O) groups excluding carboxylic acids is 1. The zero-order chi connectivity index (χ0) is 21.0. The zero-order valence-electron chi connectivity index (χ0n) is 16.6. The lowest BCUT2D eigenvalue weighted by molar-refractivity contribution is -0.116. The zero-order valence-corrected chi connectivity index (χ0v) is 16.6. The van der Waals surface area contributed by atoms with Gasteiger partial charge < -0.3 is 14.2 Å². The Bertz CT molecular complexity index is 1310. The van der Waals surface area contributed by atoms with Gasteiger partial charge in [0.1, 0.15) is 17.0 Å². The molecule has 0 aliphatic rings. The maximum Gasteiger partial charge on any atom is 0.244 e. The fourth-order valence-corrected chi connectivity index (χ4v) is 3.32. The summed E-state index contributed by atoms with van der Waals surface area (Å²) in [6.45, 7) is 0.329. The van der Waals surface area contributed by atoms with Gasteiger partial charge in [0.15, 0.2) is 5.76 Å². The fourth-order valence-electron chi connectivity index (χ4n) is 3.32. The summed E-state index contributed by atoms with van der Waals surface area (Å²) in [5.74, 6) is 1.12. The minimum absolute atomic E-state index is 0.223. The molecule has 3 heterocycles. The number of benzene rings is 2. The molecule has 0 saturated heterocycles. The molecule has 0 fully saturated rings. The van der Waals surface area contributed by atoms with Crippen molar-refractivity contribution in [2.75, 3.05) is 0 Å². The van der Waals surface area contributed by atoms with Crippen molar-refractivity contribution < 1.29 is 13.6 Å². The number of furan rings is 2. The Labute approximate surface area is 178 Å². The van der Waals surface area contributed by atoms with Crippen molar-refractivity contribution in [3.63, 3.8) is 0 Å². The van der Waals surface area contributed by atoms with Gasteiger partial charge in [-0.25, -0.2) is 4.68 Å². The van der Waals surface area contributed by atoms with Crippen LogP contribution in [-0.2, 0) is 11.3 Å². The van der Waals surface area contributed by atoms with Gasteiger partial charge >= 0.3 is 0 Å². The van der Waals surface area contributed by atoms with Gasteiger partial charge in [-0.3, -0.25) is 4.79 Å². The summed E-state index contributed by atoms with van der Waals surface area (Å²) >= 11 is 0. The maximum absolute atomic E-state index is 12.3. The van der Waals surface area contributed by atoms with E-state index in [1.807, 2.05) is 72.9 Å². The Morgan fingerprint density at radius 1 is 1.03 bits per heavy atom. The lowest BCUT2D eigenvalue weighted by atomic mass is 10.2. The lowest BCUT2D eigenvalue weighted by Gasteiger charge is -1.98. The van der Waals surface area contributed by atoms with Crippen LogP contribution in [0, 0.1) is 0 Å². The van der Waals surface area contributed by atoms with Gasteiger partial charge in [-0.15, -0.1) is 0 Å². The molecule has 0 aliphatic heterocycles. The Balaban J connectivity index is 1.47.